The number of pyridine rings is 1. The Morgan fingerprint density at radius 2 is 1.95 bits per heavy atom. The van der Waals surface area contributed by atoms with Gasteiger partial charge in [0.15, 0.2) is 0 Å². The molecular weight excluding hydrogens is 516 g/mol. The standard InChI is InChI=1S/C29H27F2N7O2/c30-26-17-37(15-19-6-7-23(35-27(19)31)18-4-2-1-3-5-18)11-9-29(26,8-10-32)38-16-22(28(34)40)24(36-38)13-25(39)21-12-20(21)14-33/h1-7,16,20-21,26H,8-9,11-13,15,17H2,(H2,34,40). The first kappa shape index (κ1) is 27.1. The Morgan fingerprint density at radius 3 is 2.58 bits per heavy atom. The van der Waals surface area contributed by atoms with Crippen LogP contribution in [0.4, 0.5) is 8.78 Å². The first-order valence-electron chi connectivity index (χ1n) is 13.0. The maximum Gasteiger partial charge on any atom is 0.252 e. The van der Waals surface area contributed by atoms with Crippen molar-refractivity contribution in [2.75, 3.05) is 13.1 Å². The number of nitrogens with two attached hydrogens (primary N) is 1. The third-order valence-electron chi connectivity index (χ3n) is 7.86. The molecule has 9 nitrogen and oxygen atoms in total. The molecule has 0 bridgehead atoms. The second-order valence-corrected chi connectivity index (χ2v) is 10.4. The average Bonchev–Trinajstić information content (AvgIpc) is 3.63. The second-order valence-electron chi connectivity index (χ2n) is 10.4. The number of primary amides is 1. The number of ketones is 1. The van der Waals surface area contributed by atoms with E-state index in [1.54, 1.807) is 17.0 Å². The summed E-state index contributed by atoms with van der Waals surface area (Å²) >= 11 is 0. The summed E-state index contributed by atoms with van der Waals surface area (Å²) in [5, 5.41) is 23.0. The maximum atomic E-state index is 16.0. The van der Waals surface area contributed by atoms with Crippen LogP contribution >= 0.6 is 0 Å². The fraction of sp³-hybridized carbons (Fsp3) is 0.379. The van der Waals surface area contributed by atoms with Crippen LogP contribution in [0.3, 0.4) is 0 Å². The molecule has 2 N–H and O–H groups in total. The number of piperidine rings is 1. The zero-order chi connectivity index (χ0) is 28.4. The minimum absolute atomic E-state index is 0.0129. The van der Waals surface area contributed by atoms with Crippen molar-refractivity contribution in [2.45, 2.75) is 43.9 Å². The fourth-order valence-corrected chi connectivity index (χ4v) is 5.37. The van der Waals surface area contributed by atoms with Crippen molar-refractivity contribution in [2.24, 2.45) is 17.6 Å². The predicted octanol–water partition coefficient (Wildman–Crippen LogP) is 3.31. The number of carbonyl (C=O) groups excluding carboxylic acids is 2. The summed E-state index contributed by atoms with van der Waals surface area (Å²) < 4.78 is 32.1. The van der Waals surface area contributed by atoms with Crippen molar-refractivity contribution in [1.82, 2.24) is 19.7 Å². The van der Waals surface area contributed by atoms with Gasteiger partial charge in [0.25, 0.3) is 5.91 Å². The Labute approximate surface area is 229 Å². The van der Waals surface area contributed by atoms with Gasteiger partial charge in [-0.2, -0.15) is 20.0 Å². The van der Waals surface area contributed by atoms with E-state index in [0.717, 1.165) is 5.56 Å². The molecular formula is C29H27F2N7O2. The molecule has 1 saturated heterocycles. The van der Waals surface area contributed by atoms with Gasteiger partial charge in [-0.3, -0.25) is 19.2 Å². The van der Waals surface area contributed by atoms with E-state index in [9.17, 15) is 19.2 Å². The van der Waals surface area contributed by atoms with Crippen LogP contribution in [0.5, 0.6) is 0 Å². The normalized spacial score (nSPS) is 24.1. The lowest BCUT2D eigenvalue weighted by Crippen LogP contribution is -2.54. The highest BCUT2D eigenvalue weighted by molar-refractivity contribution is 5.96. The summed E-state index contributed by atoms with van der Waals surface area (Å²) in [4.78, 5) is 30.6. The average molecular weight is 544 g/mol. The smallest absolute Gasteiger partial charge is 0.252 e. The van der Waals surface area contributed by atoms with E-state index >= 15 is 4.39 Å². The van der Waals surface area contributed by atoms with Gasteiger partial charge >= 0.3 is 0 Å². The molecule has 3 aromatic rings. The van der Waals surface area contributed by atoms with E-state index < -0.39 is 29.5 Å². The number of hydrogen-bond donors (Lipinski definition) is 1. The largest absolute Gasteiger partial charge is 0.365 e. The number of nitriles is 2. The Bertz CT molecular complexity index is 1530. The van der Waals surface area contributed by atoms with Gasteiger partial charge < -0.3 is 5.73 Å². The molecule has 1 amide bonds. The van der Waals surface area contributed by atoms with E-state index in [-0.39, 0.29) is 55.3 Å². The number of halogens is 2. The molecule has 40 heavy (non-hydrogen) atoms. The molecule has 1 saturated carbocycles. The molecule has 11 heteroatoms. The Morgan fingerprint density at radius 1 is 1.18 bits per heavy atom. The van der Waals surface area contributed by atoms with Crippen molar-refractivity contribution in [3.05, 3.63) is 71.4 Å². The highest BCUT2D eigenvalue weighted by Gasteiger charge is 2.47. The first-order valence-corrected chi connectivity index (χ1v) is 13.0. The molecule has 2 fully saturated rings. The first-order chi connectivity index (χ1) is 19.3. The minimum Gasteiger partial charge on any atom is -0.365 e. The summed E-state index contributed by atoms with van der Waals surface area (Å²) in [6.07, 6.45) is -0.0816. The van der Waals surface area contributed by atoms with Crippen molar-refractivity contribution in [3.63, 3.8) is 0 Å². The molecule has 5 rings (SSSR count). The monoisotopic (exact) mass is 543 g/mol. The molecule has 1 aliphatic heterocycles. The number of carbonyl (C=O) groups is 2. The Balaban J connectivity index is 1.34. The topological polar surface area (TPSA) is 142 Å². The number of nitrogens with zero attached hydrogens (tertiary/aromatic N) is 6. The predicted molar refractivity (Wildman–Crippen MR) is 139 cm³/mol. The van der Waals surface area contributed by atoms with Gasteiger partial charge in [0.2, 0.25) is 5.95 Å². The third kappa shape index (κ3) is 5.21. The zero-order valence-corrected chi connectivity index (χ0v) is 21.6. The van der Waals surface area contributed by atoms with E-state index in [0.29, 0.717) is 24.2 Å². The number of hydrogen-bond acceptors (Lipinski definition) is 7. The van der Waals surface area contributed by atoms with Gasteiger partial charge in [-0.25, -0.2) is 9.37 Å². The van der Waals surface area contributed by atoms with Crippen LogP contribution in [0, 0.1) is 40.4 Å². The van der Waals surface area contributed by atoms with Gasteiger partial charge in [0, 0.05) is 42.9 Å². The molecule has 4 unspecified atom stereocenters. The van der Waals surface area contributed by atoms with Crippen molar-refractivity contribution in [1.29, 1.82) is 10.5 Å². The van der Waals surface area contributed by atoms with Crippen LogP contribution in [-0.4, -0.2) is 50.6 Å². The summed E-state index contributed by atoms with van der Waals surface area (Å²) in [6, 6.07) is 16.7. The highest BCUT2D eigenvalue weighted by Crippen LogP contribution is 2.40. The van der Waals surface area contributed by atoms with E-state index in [4.69, 9.17) is 11.0 Å². The molecule has 3 heterocycles. The van der Waals surface area contributed by atoms with E-state index in [1.807, 2.05) is 36.4 Å². The molecule has 2 aromatic heterocycles. The summed E-state index contributed by atoms with van der Waals surface area (Å²) in [7, 11) is 0. The minimum atomic E-state index is -1.59. The number of amides is 1. The van der Waals surface area contributed by atoms with Gasteiger partial charge in [0.05, 0.1) is 47.8 Å². The number of rotatable bonds is 9. The molecule has 4 atom stereocenters. The Hall–Kier alpha value is -4.48. The zero-order valence-electron chi connectivity index (χ0n) is 21.6. The lowest BCUT2D eigenvalue weighted by Gasteiger charge is -2.43. The number of Topliss-reactive ketones (excluding diaryl/α,β-unsaturated/α-hetero) is 1. The van der Waals surface area contributed by atoms with E-state index in [2.05, 4.69) is 16.2 Å². The summed E-state index contributed by atoms with van der Waals surface area (Å²) in [5.41, 5.74) is 5.86. The number of likely N-dealkylation sites (tertiary alicyclic amines) is 1. The highest BCUT2D eigenvalue weighted by atomic mass is 19.1. The molecule has 0 radical (unpaired) electrons. The molecule has 0 spiro atoms. The summed E-state index contributed by atoms with van der Waals surface area (Å²) in [6.45, 7) is 0.352. The van der Waals surface area contributed by atoms with E-state index in [1.165, 1.54) is 10.9 Å². The van der Waals surface area contributed by atoms with Gasteiger partial charge in [0.1, 0.15) is 17.5 Å². The van der Waals surface area contributed by atoms with Gasteiger partial charge in [-0.05, 0) is 18.9 Å². The Kier molecular flexibility index (Phi) is 7.42. The van der Waals surface area contributed by atoms with Gasteiger partial charge in [-0.15, -0.1) is 0 Å². The van der Waals surface area contributed by atoms with Crippen LogP contribution in [-0.2, 0) is 23.3 Å². The number of alkyl halides is 1. The van der Waals surface area contributed by atoms with Gasteiger partial charge in [-0.1, -0.05) is 36.4 Å². The summed E-state index contributed by atoms with van der Waals surface area (Å²) in [5.74, 6) is -2.42. The number of benzene rings is 1. The van der Waals surface area contributed by atoms with Crippen LogP contribution in [0.25, 0.3) is 11.3 Å². The van der Waals surface area contributed by atoms with Crippen LogP contribution in [0.1, 0.15) is 40.9 Å². The molecule has 1 aliphatic carbocycles. The van der Waals surface area contributed by atoms with Crippen LogP contribution in [0.2, 0.25) is 0 Å². The maximum absolute atomic E-state index is 16.0. The fourth-order valence-electron chi connectivity index (χ4n) is 5.37. The quantitative estimate of drug-likeness (QED) is 0.408. The second kappa shape index (κ2) is 10.9. The third-order valence-corrected chi connectivity index (χ3v) is 7.86. The van der Waals surface area contributed by atoms with Crippen molar-refractivity contribution < 1.29 is 18.4 Å². The molecule has 1 aromatic carbocycles. The lowest BCUT2D eigenvalue weighted by molar-refractivity contribution is -0.119. The molecule has 204 valence electrons. The van der Waals surface area contributed by atoms with Crippen molar-refractivity contribution in [3.8, 4) is 23.4 Å². The van der Waals surface area contributed by atoms with Crippen molar-refractivity contribution >= 4 is 11.7 Å². The molecule has 2 aliphatic rings. The van der Waals surface area contributed by atoms with Crippen LogP contribution in [0.15, 0.2) is 48.7 Å². The van der Waals surface area contributed by atoms with Crippen LogP contribution < -0.4 is 5.73 Å². The lowest BCUT2D eigenvalue weighted by atomic mass is 9.83. The number of aromatic nitrogens is 3. The SMILES string of the molecule is N#CCC1(n2cc(C(N)=O)c(CC(=O)C3CC3C#N)n2)CCN(Cc2ccc(-c3ccccc3)nc2F)CC1F.